The lowest BCUT2D eigenvalue weighted by Crippen LogP contribution is -2.38. The van der Waals surface area contributed by atoms with E-state index in [9.17, 15) is 9.59 Å². The summed E-state index contributed by atoms with van der Waals surface area (Å²) in [7, 11) is 0. The number of fused-ring (bicyclic) bond motifs is 3. The number of rotatable bonds is 5. The molecule has 1 atom stereocenters. The zero-order chi connectivity index (χ0) is 22.2. The molecule has 0 bridgehead atoms. The van der Waals surface area contributed by atoms with Crippen LogP contribution in [0.2, 0.25) is 0 Å². The summed E-state index contributed by atoms with van der Waals surface area (Å²) < 4.78 is 4.37. The first-order valence-electron chi connectivity index (χ1n) is 10.4. The smallest absolute Gasteiger partial charge is 0.264 e. The molecule has 1 amide bonds. The molecule has 3 heterocycles. The maximum Gasteiger partial charge on any atom is 0.264 e. The average molecular weight is 497 g/mol. The van der Waals surface area contributed by atoms with Crippen LogP contribution in [0.1, 0.15) is 30.1 Å². The Balaban J connectivity index is 1.70. The minimum Gasteiger partial charge on any atom is -0.289 e. The van der Waals surface area contributed by atoms with Crippen LogP contribution < -0.4 is 11.0 Å². The van der Waals surface area contributed by atoms with E-state index in [1.54, 1.807) is 16.4 Å². The second-order valence-electron chi connectivity index (χ2n) is 7.91. The standard InChI is InChI=1S/C22H21BrN6O3/c23-16-7-8-18-17(12-16)21(31)29(22-25-24-13-28(18)22)20(27-9-1-2-10-27)15-5-3-14(4-6-15)11-19(30)26-32/h3-8,12-13,20,32H,1-2,9-11H2,(H,26,30). The van der Waals surface area contributed by atoms with E-state index in [0.29, 0.717) is 11.2 Å². The lowest BCUT2D eigenvalue weighted by atomic mass is 10.1. The van der Waals surface area contributed by atoms with E-state index in [0.717, 1.165) is 47.0 Å². The molecule has 5 rings (SSSR count). The number of hydrogen-bond acceptors (Lipinski definition) is 6. The molecule has 0 aliphatic carbocycles. The Bertz CT molecular complexity index is 1360. The van der Waals surface area contributed by atoms with Crippen LogP contribution in [0.5, 0.6) is 0 Å². The first kappa shape index (κ1) is 20.8. The van der Waals surface area contributed by atoms with Crippen LogP contribution in [0.15, 0.2) is 58.1 Å². The van der Waals surface area contributed by atoms with E-state index >= 15 is 0 Å². The van der Waals surface area contributed by atoms with E-state index < -0.39 is 5.91 Å². The van der Waals surface area contributed by atoms with Crippen LogP contribution in [-0.4, -0.2) is 48.3 Å². The van der Waals surface area contributed by atoms with Gasteiger partial charge in [0.25, 0.3) is 5.56 Å². The summed E-state index contributed by atoms with van der Waals surface area (Å²) in [6, 6.07) is 13.1. The highest BCUT2D eigenvalue weighted by Gasteiger charge is 2.29. The van der Waals surface area contributed by atoms with Gasteiger partial charge in [-0.1, -0.05) is 40.2 Å². The minimum absolute atomic E-state index is 0.0730. The second kappa shape index (κ2) is 8.45. The number of hydroxylamine groups is 1. The highest BCUT2D eigenvalue weighted by atomic mass is 79.9. The molecule has 1 aliphatic heterocycles. The maximum atomic E-state index is 13.8. The van der Waals surface area contributed by atoms with Gasteiger partial charge in [-0.15, -0.1) is 10.2 Å². The zero-order valence-corrected chi connectivity index (χ0v) is 18.7. The number of aromatic nitrogens is 4. The molecule has 0 spiro atoms. The predicted octanol–water partition coefficient (Wildman–Crippen LogP) is 2.50. The first-order valence-corrected chi connectivity index (χ1v) is 11.2. The van der Waals surface area contributed by atoms with Crippen molar-refractivity contribution >= 4 is 38.5 Å². The second-order valence-corrected chi connectivity index (χ2v) is 8.82. The van der Waals surface area contributed by atoms with Crippen LogP contribution in [0.3, 0.4) is 0 Å². The fourth-order valence-electron chi connectivity index (χ4n) is 4.44. The molecule has 1 fully saturated rings. The molecule has 2 aromatic carbocycles. The van der Waals surface area contributed by atoms with Crippen molar-refractivity contribution in [2.75, 3.05) is 13.1 Å². The quantitative estimate of drug-likeness (QED) is 0.325. The Morgan fingerprint density at radius 3 is 2.62 bits per heavy atom. The molecule has 1 unspecified atom stereocenters. The average Bonchev–Trinajstić information content (AvgIpc) is 3.50. The summed E-state index contributed by atoms with van der Waals surface area (Å²) in [5.41, 5.74) is 3.95. The van der Waals surface area contributed by atoms with Gasteiger partial charge in [-0.3, -0.25) is 28.7 Å². The van der Waals surface area contributed by atoms with Crippen LogP contribution in [0.4, 0.5) is 0 Å². The van der Waals surface area contributed by atoms with E-state index in [-0.39, 0.29) is 18.1 Å². The van der Waals surface area contributed by atoms with Crippen molar-refractivity contribution in [1.82, 2.24) is 29.5 Å². The van der Waals surface area contributed by atoms with Gasteiger partial charge in [-0.25, -0.2) is 5.48 Å². The fraction of sp³-hybridized carbons (Fsp3) is 0.273. The summed E-state index contributed by atoms with van der Waals surface area (Å²) in [5.74, 6) is 0.000735. The van der Waals surface area contributed by atoms with Gasteiger partial charge in [-0.2, -0.15) is 0 Å². The van der Waals surface area contributed by atoms with Gasteiger partial charge in [0.2, 0.25) is 11.7 Å². The third kappa shape index (κ3) is 3.60. The Labute approximate surface area is 191 Å². The van der Waals surface area contributed by atoms with Gasteiger partial charge >= 0.3 is 0 Å². The normalized spacial score (nSPS) is 15.4. The molecule has 32 heavy (non-hydrogen) atoms. The zero-order valence-electron chi connectivity index (χ0n) is 17.1. The topological polar surface area (TPSA) is 105 Å². The summed E-state index contributed by atoms with van der Waals surface area (Å²) in [5, 5.41) is 17.7. The minimum atomic E-state index is -0.477. The van der Waals surface area contributed by atoms with Crippen molar-refractivity contribution in [2.45, 2.75) is 25.4 Å². The number of carbonyl (C=O) groups is 1. The van der Waals surface area contributed by atoms with Gasteiger partial charge in [0.05, 0.1) is 17.3 Å². The summed E-state index contributed by atoms with van der Waals surface area (Å²) in [6.45, 7) is 1.73. The Kier molecular flexibility index (Phi) is 5.50. The Morgan fingerprint density at radius 2 is 1.91 bits per heavy atom. The molecule has 4 aromatic rings. The van der Waals surface area contributed by atoms with Crippen molar-refractivity contribution in [3.8, 4) is 0 Å². The third-order valence-electron chi connectivity index (χ3n) is 5.91. The molecule has 10 heteroatoms. The molecule has 9 nitrogen and oxygen atoms in total. The number of amides is 1. The monoisotopic (exact) mass is 496 g/mol. The van der Waals surface area contributed by atoms with Gasteiger partial charge in [0.15, 0.2) is 0 Å². The third-order valence-corrected chi connectivity index (χ3v) is 6.40. The number of hydrogen-bond donors (Lipinski definition) is 2. The molecule has 1 aliphatic rings. The Hall–Kier alpha value is -3.08. The largest absolute Gasteiger partial charge is 0.289 e. The highest BCUT2D eigenvalue weighted by Crippen LogP contribution is 2.29. The van der Waals surface area contributed by atoms with Crippen LogP contribution in [0.25, 0.3) is 16.7 Å². The molecular weight excluding hydrogens is 476 g/mol. The lowest BCUT2D eigenvalue weighted by molar-refractivity contribution is -0.128. The molecule has 2 aromatic heterocycles. The van der Waals surface area contributed by atoms with Gasteiger partial charge in [0.1, 0.15) is 12.5 Å². The number of halogens is 1. The highest BCUT2D eigenvalue weighted by molar-refractivity contribution is 9.10. The van der Waals surface area contributed by atoms with Gasteiger partial charge in [-0.05, 0) is 42.2 Å². The summed E-state index contributed by atoms with van der Waals surface area (Å²) in [4.78, 5) is 27.5. The van der Waals surface area contributed by atoms with Crippen LogP contribution in [0, 0.1) is 0 Å². The van der Waals surface area contributed by atoms with E-state index in [4.69, 9.17) is 5.21 Å². The van der Waals surface area contributed by atoms with E-state index in [1.807, 2.05) is 46.9 Å². The number of benzene rings is 2. The Morgan fingerprint density at radius 1 is 1.16 bits per heavy atom. The van der Waals surface area contributed by atoms with Gasteiger partial charge in [0, 0.05) is 17.6 Å². The van der Waals surface area contributed by atoms with E-state index in [2.05, 4.69) is 31.0 Å². The maximum absolute atomic E-state index is 13.8. The van der Waals surface area contributed by atoms with Crippen molar-refractivity contribution in [3.05, 3.63) is 74.7 Å². The summed E-state index contributed by atoms with van der Waals surface area (Å²) in [6.07, 6.45) is 3.45. The molecule has 2 N–H and O–H groups in total. The number of likely N-dealkylation sites (tertiary alicyclic amines) is 1. The first-order chi connectivity index (χ1) is 15.6. The molecule has 0 radical (unpaired) electrons. The number of carbonyl (C=O) groups excluding carboxylic acids is 1. The van der Waals surface area contributed by atoms with E-state index in [1.165, 1.54) is 0 Å². The SMILES string of the molecule is O=C(Cc1ccc(C(N2CCCC2)n2c(=O)c3cc(Br)ccc3n3cnnc23)cc1)NO. The van der Waals surface area contributed by atoms with Crippen molar-refractivity contribution < 1.29 is 10.0 Å². The number of nitrogens with zero attached hydrogens (tertiary/aromatic N) is 5. The lowest BCUT2D eigenvalue weighted by Gasteiger charge is -2.30. The number of nitrogens with one attached hydrogen (secondary N) is 1. The molecule has 0 saturated carbocycles. The van der Waals surface area contributed by atoms with Crippen LogP contribution in [-0.2, 0) is 11.2 Å². The fourth-order valence-corrected chi connectivity index (χ4v) is 4.80. The van der Waals surface area contributed by atoms with Crippen molar-refractivity contribution in [3.63, 3.8) is 0 Å². The molecule has 1 saturated heterocycles. The molecule has 164 valence electrons. The van der Waals surface area contributed by atoms with Gasteiger partial charge < -0.3 is 0 Å². The van der Waals surface area contributed by atoms with Crippen molar-refractivity contribution in [1.29, 1.82) is 0 Å². The molecular formula is C22H21BrN6O3. The van der Waals surface area contributed by atoms with Crippen LogP contribution >= 0.6 is 15.9 Å². The van der Waals surface area contributed by atoms with Crippen molar-refractivity contribution in [2.24, 2.45) is 0 Å². The predicted molar refractivity (Wildman–Crippen MR) is 121 cm³/mol. The summed E-state index contributed by atoms with van der Waals surface area (Å²) >= 11 is 3.48.